The number of ether oxygens (including phenoxy) is 2. The number of hydrogen-bond acceptors (Lipinski definition) is 5. The Morgan fingerprint density at radius 2 is 1.71 bits per heavy atom. The molecule has 3 amide bonds. The maximum atomic E-state index is 13.3. The Balaban J connectivity index is 1.72. The summed E-state index contributed by atoms with van der Waals surface area (Å²) in [5, 5.41) is 5.61. The lowest BCUT2D eigenvalue weighted by Crippen LogP contribution is -2.33. The van der Waals surface area contributed by atoms with Gasteiger partial charge in [-0.1, -0.05) is 25.5 Å². The molecule has 2 atom stereocenters. The maximum Gasteiger partial charge on any atom is 0.257 e. The van der Waals surface area contributed by atoms with Gasteiger partial charge in [-0.25, -0.2) is 0 Å². The highest BCUT2D eigenvalue weighted by molar-refractivity contribution is 5.98. The topological polar surface area (TPSA) is 97.0 Å². The molecule has 1 fully saturated rings. The van der Waals surface area contributed by atoms with Gasteiger partial charge in [0.05, 0.1) is 19.1 Å². The Hall–Kier alpha value is -3.55. The fourth-order valence-corrected chi connectivity index (χ4v) is 4.10. The summed E-state index contributed by atoms with van der Waals surface area (Å²) in [6.07, 6.45) is 2.01. The van der Waals surface area contributed by atoms with E-state index in [1.165, 1.54) is 0 Å². The zero-order valence-electron chi connectivity index (χ0n) is 20.0. The van der Waals surface area contributed by atoms with Crippen LogP contribution in [0.3, 0.4) is 0 Å². The second-order valence-corrected chi connectivity index (χ2v) is 8.23. The minimum atomic E-state index is -0.508. The lowest BCUT2D eigenvalue weighted by Gasteiger charge is -2.28. The van der Waals surface area contributed by atoms with Gasteiger partial charge in [0.1, 0.15) is 11.5 Å². The fraction of sp³-hybridized carbons (Fsp3) is 0.423. The van der Waals surface area contributed by atoms with Crippen molar-refractivity contribution in [2.24, 2.45) is 5.92 Å². The largest absolute Gasteiger partial charge is 0.497 e. The molecule has 1 heterocycles. The number of likely N-dealkylation sites (N-methyl/N-ethyl adjacent to an activating group) is 1. The van der Waals surface area contributed by atoms with Crippen LogP contribution in [-0.2, 0) is 14.4 Å². The summed E-state index contributed by atoms with van der Waals surface area (Å²) in [6, 6.07) is 14.0. The van der Waals surface area contributed by atoms with Gasteiger partial charge >= 0.3 is 0 Å². The van der Waals surface area contributed by atoms with E-state index in [-0.39, 0.29) is 36.8 Å². The van der Waals surface area contributed by atoms with Gasteiger partial charge in [-0.3, -0.25) is 14.4 Å². The third-order valence-corrected chi connectivity index (χ3v) is 5.84. The standard InChI is InChI=1S/C26H33N3O5/c1-4-6-15-29-24(31)16-22(25(29)18-7-11-20(33-3)12-8-18)26(32)28-19-9-13-21(14-10-19)34-17-23(30)27-5-2/h7-14,22,25H,4-6,15-17H2,1-3H3,(H,27,30)(H,28,32). The predicted molar refractivity (Wildman–Crippen MR) is 130 cm³/mol. The molecule has 182 valence electrons. The number of anilines is 1. The van der Waals surface area contributed by atoms with E-state index >= 15 is 0 Å². The first-order chi connectivity index (χ1) is 16.5. The van der Waals surface area contributed by atoms with Gasteiger partial charge < -0.3 is 25.0 Å². The van der Waals surface area contributed by atoms with Crippen molar-refractivity contribution in [1.82, 2.24) is 10.2 Å². The van der Waals surface area contributed by atoms with Crippen LogP contribution in [0.2, 0.25) is 0 Å². The molecule has 0 spiro atoms. The second kappa shape index (κ2) is 12.1. The molecule has 1 saturated heterocycles. The molecular formula is C26H33N3O5. The number of hydrogen-bond donors (Lipinski definition) is 2. The van der Waals surface area contributed by atoms with E-state index in [9.17, 15) is 14.4 Å². The lowest BCUT2D eigenvalue weighted by molar-refractivity contribution is -0.129. The van der Waals surface area contributed by atoms with Gasteiger partial charge in [-0.2, -0.15) is 0 Å². The number of rotatable bonds is 11. The number of carbonyl (C=O) groups excluding carboxylic acids is 3. The van der Waals surface area contributed by atoms with Gasteiger partial charge in [0.25, 0.3) is 5.91 Å². The van der Waals surface area contributed by atoms with Crippen LogP contribution in [0.5, 0.6) is 11.5 Å². The summed E-state index contributed by atoms with van der Waals surface area (Å²) in [6.45, 7) is 5.02. The number of nitrogens with one attached hydrogen (secondary N) is 2. The molecule has 0 aliphatic carbocycles. The second-order valence-electron chi connectivity index (χ2n) is 8.23. The van der Waals surface area contributed by atoms with Crippen molar-refractivity contribution >= 4 is 23.4 Å². The van der Waals surface area contributed by atoms with Gasteiger partial charge in [-0.05, 0) is 55.3 Å². The fourth-order valence-electron chi connectivity index (χ4n) is 4.10. The van der Waals surface area contributed by atoms with Gasteiger partial charge in [0, 0.05) is 25.2 Å². The Morgan fingerprint density at radius 3 is 2.32 bits per heavy atom. The molecule has 3 rings (SSSR count). The Labute approximate surface area is 200 Å². The summed E-state index contributed by atoms with van der Waals surface area (Å²) in [5.74, 6) is 0.341. The van der Waals surface area contributed by atoms with Crippen LogP contribution in [0.25, 0.3) is 0 Å². The van der Waals surface area contributed by atoms with Crippen LogP contribution in [0.15, 0.2) is 48.5 Å². The molecule has 1 aliphatic heterocycles. The van der Waals surface area contributed by atoms with Gasteiger partial charge in [-0.15, -0.1) is 0 Å². The van der Waals surface area contributed by atoms with Crippen molar-refractivity contribution in [3.63, 3.8) is 0 Å². The van der Waals surface area contributed by atoms with E-state index in [4.69, 9.17) is 9.47 Å². The van der Waals surface area contributed by atoms with Crippen LogP contribution >= 0.6 is 0 Å². The van der Waals surface area contributed by atoms with E-state index < -0.39 is 5.92 Å². The first-order valence-electron chi connectivity index (χ1n) is 11.7. The Bertz CT molecular complexity index is 975. The molecule has 0 radical (unpaired) electrons. The van der Waals surface area contributed by atoms with Crippen molar-refractivity contribution in [3.05, 3.63) is 54.1 Å². The third kappa shape index (κ3) is 6.27. The average Bonchev–Trinajstić information content (AvgIpc) is 3.18. The summed E-state index contributed by atoms with van der Waals surface area (Å²) in [5.41, 5.74) is 1.51. The van der Waals surface area contributed by atoms with Crippen LogP contribution in [0.4, 0.5) is 5.69 Å². The molecule has 2 aromatic rings. The summed E-state index contributed by atoms with van der Waals surface area (Å²) in [4.78, 5) is 39.5. The molecule has 0 bridgehead atoms. The summed E-state index contributed by atoms with van der Waals surface area (Å²) in [7, 11) is 1.61. The Morgan fingerprint density at radius 1 is 1.03 bits per heavy atom. The number of unbranched alkanes of at least 4 members (excludes halogenated alkanes) is 1. The van der Waals surface area contributed by atoms with Crippen LogP contribution in [0.1, 0.15) is 44.7 Å². The molecule has 2 aromatic carbocycles. The first-order valence-corrected chi connectivity index (χ1v) is 11.7. The van der Waals surface area contributed by atoms with Crippen LogP contribution < -0.4 is 20.1 Å². The van der Waals surface area contributed by atoms with Crippen molar-refractivity contribution in [2.75, 3.05) is 32.1 Å². The summed E-state index contributed by atoms with van der Waals surface area (Å²) < 4.78 is 10.7. The van der Waals surface area contributed by atoms with Gasteiger partial charge in [0.2, 0.25) is 11.8 Å². The number of nitrogens with zero attached hydrogens (tertiary/aromatic N) is 1. The highest BCUT2D eigenvalue weighted by atomic mass is 16.5. The number of benzene rings is 2. The molecule has 8 heteroatoms. The normalized spacial score (nSPS) is 17.4. The molecule has 0 saturated carbocycles. The first kappa shape index (κ1) is 25.1. The van der Waals surface area contributed by atoms with Crippen molar-refractivity contribution < 1.29 is 23.9 Å². The van der Waals surface area contributed by atoms with Crippen molar-refractivity contribution in [1.29, 1.82) is 0 Å². The van der Waals surface area contributed by atoms with E-state index in [0.717, 1.165) is 24.2 Å². The highest BCUT2D eigenvalue weighted by Crippen LogP contribution is 2.39. The molecule has 8 nitrogen and oxygen atoms in total. The zero-order chi connectivity index (χ0) is 24.5. The number of methoxy groups -OCH3 is 1. The SMILES string of the molecule is CCCCN1C(=O)CC(C(=O)Nc2ccc(OCC(=O)NCC)cc2)C1c1ccc(OC)cc1. The summed E-state index contributed by atoms with van der Waals surface area (Å²) >= 11 is 0. The quantitative estimate of drug-likeness (QED) is 0.527. The smallest absolute Gasteiger partial charge is 0.257 e. The van der Waals surface area contributed by atoms with E-state index in [2.05, 4.69) is 17.6 Å². The lowest BCUT2D eigenvalue weighted by atomic mass is 9.92. The van der Waals surface area contributed by atoms with Gasteiger partial charge in [0.15, 0.2) is 6.61 Å². The minimum Gasteiger partial charge on any atom is -0.497 e. The maximum absolute atomic E-state index is 13.3. The number of likely N-dealkylation sites (tertiary alicyclic amines) is 1. The third-order valence-electron chi connectivity index (χ3n) is 5.84. The van der Waals surface area contributed by atoms with E-state index in [1.807, 2.05) is 36.1 Å². The molecule has 1 aliphatic rings. The highest BCUT2D eigenvalue weighted by Gasteiger charge is 2.44. The average molecular weight is 468 g/mol. The molecule has 2 unspecified atom stereocenters. The van der Waals surface area contributed by atoms with Crippen molar-refractivity contribution in [2.45, 2.75) is 39.2 Å². The van der Waals surface area contributed by atoms with E-state index in [0.29, 0.717) is 24.5 Å². The molecule has 0 aromatic heterocycles. The molecular weight excluding hydrogens is 434 g/mol. The zero-order valence-corrected chi connectivity index (χ0v) is 20.0. The van der Waals surface area contributed by atoms with Crippen molar-refractivity contribution in [3.8, 4) is 11.5 Å². The number of amides is 3. The van der Waals surface area contributed by atoms with E-state index in [1.54, 1.807) is 31.4 Å². The van der Waals surface area contributed by atoms with Crippen LogP contribution in [0, 0.1) is 5.92 Å². The van der Waals surface area contributed by atoms with Crippen LogP contribution in [-0.4, -0.2) is 49.4 Å². The molecule has 2 N–H and O–H groups in total. The molecule has 34 heavy (non-hydrogen) atoms. The minimum absolute atomic E-state index is 0.0106. The monoisotopic (exact) mass is 467 g/mol. The Kier molecular flexibility index (Phi) is 8.90. The number of carbonyl (C=O) groups is 3. The predicted octanol–water partition coefficient (Wildman–Crippen LogP) is 3.54.